The molecule has 39 heavy (non-hydrogen) atoms. The molecule has 192 valence electrons. The van der Waals surface area contributed by atoms with E-state index < -0.39 is 0 Å². The quantitative estimate of drug-likeness (QED) is 0.245. The van der Waals surface area contributed by atoms with Crippen molar-refractivity contribution in [2.75, 3.05) is 7.11 Å². The number of hydrogen-bond donors (Lipinski definition) is 0. The Balaban J connectivity index is 1.41. The Morgan fingerprint density at radius 2 is 1.15 bits per heavy atom. The first-order chi connectivity index (χ1) is 19.2. The summed E-state index contributed by atoms with van der Waals surface area (Å²) in [5.41, 5.74) is 7.77. The van der Waals surface area contributed by atoms with Crippen molar-refractivity contribution in [2.45, 2.75) is 19.0 Å². The van der Waals surface area contributed by atoms with Crippen molar-refractivity contribution in [3.63, 3.8) is 0 Å². The standard InChI is InChI=1S/C32H28N6O/c1-23-8-10-26(11-9-23)32(38-21-19-34-36-38)28-16-17-30(39-2)29(22-28)24-12-14-27(15-13-24)31(37-20-18-33-35-37)25-6-4-3-5-7-25/h3-22,31-32H,1-2H3. The molecule has 6 aromatic rings. The number of aromatic nitrogens is 6. The van der Waals surface area contributed by atoms with Crippen molar-refractivity contribution in [1.29, 1.82) is 0 Å². The molecular weight excluding hydrogens is 484 g/mol. The van der Waals surface area contributed by atoms with Crippen LogP contribution in [-0.2, 0) is 0 Å². The molecule has 0 saturated heterocycles. The summed E-state index contributed by atoms with van der Waals surface area (Å²) in [6, 6.07) is 33.6. The van der Waals surface area contributed by atoms with Gasteiger partial charge in [-0.25, -0.2) is 9.36 Å². The third-order valence-electron chi connectivity index (χ3n) is 7.00. The van der Waals surface area contributed by atoms with E-state index in [0.29, 0.717) is 0 Å². The van der Waals surface area contributed by atoms with Crippen molar-refractivity contribution in [3.05, 3.63) is 150 Å². The predicted octanol–water partition coefficient (Wildman–Crippen LogP) is 6.13. The molecule has 0 saturated carbocycles. The van der Waals surface area contributed by atoms with E-state index in [1.165, 1.54) is 5.56 Å². The van der Waals surface area contributed by atoms with E-state index in [1.807, 2.05) is 46.0 Å². The number of benzene rings is 4. The van der Waals surface area contributed by atoms with Crippen LogP contribution in [0.25, 0.3) is 11.1 Å². The topological polar surface area (TPSA) is 70.7 Å². The van der Waals surface area contributed by atoms with Gasteiger partial charge in [0.1, 0.15) is 17.8 Å². The van der Waals surface area contributed by atoms with Gasteiger partial charge in [-0.15, -0.1) is 10.2 Å². The van der Waals surface area contributed by atoms with Crippen molar-refractivity contribution in [1.82, 2.24) is 30.0 Å². The first-order valence-corrected chi connectivity index (χ1v) is 12.8. The predicted molar refractivity (Wildman–Crippen MR) is 151 cm³/mol. The molecule has 0 N–H and O–H groups in total. The molecule has 2 unspecified atom stereocenters. The van der Waals surface area contributed by atoms with Crippen LogP contribution in [0, 0.1) is 6.92 Å². The summed E-state index contributed by atoms with van der Waals surface area (Å²) >= 11 is 0. The molecule has 0 aliphatic heterocycles. The smallest absolute Gasteiger partial charge is 0.126 e. The van der Waals surface area contributed by atoms with Gasteiger partial charge in [0.05, 0.1) is 19.5 Å². The Hall–Kier alpha value is -5.04. The summed E-state index contributed by atoms with van der Waals surface area (Å²) in [5.74, 6) is 0.809. The van der Waals surface area contributed by atoms with Gasteiger partial charge in [0.2, 0.25) is 0 Å². The number of nitrogens with zero attached hydrogens (tertiary/aromatic N) is 6. The first kappa shape index (κ1) is 24.3. The first-order valence-electron chi connectivity index (χ1n) is 12.8. The second-order valence-electron chi connectivity index (χ2n) is 9.47. The number of methoxy groups -OCH3 is 1. The average Bonchev–Trinajstić information content (AvgIpc) is 3.71. The monoisotopic (exact) mass is 512 g/mol. The fourth-order valence-corrected chi connectivity index (χ4v) is 5.06. The maximum Gasteiger partial charge on any atom is 0.126 e. The molecule has 0 fully saturated rings. The zero-order valence-corrected chi connectivity index (χ0v) is 21.8. The number of rotatable bonds is 8. The summed E-state index contributed by atoms with van der Waals surface area (Å²) in [4.78, 5) is 0. The van der Waals surface area contributed by atoms with Gasteiger partial charge in [0.15, 0.2) is 0 Å². The van der Waals surface area contributed by atoms with Gasteiger partial charge >= 0.3 is 0 Å². The van der Waals surface area contributed by atoms with Crippen LogP contribution in [-0.4, -0.2) is 37.1 Å². The lowest BCUT2D eigenvalue weighted by Gasteiger charge is -2.21. The highest BCUT2D eigenvalue weighted by atomic mass is 16.5. The number of hydrogen-bond acceptors (Lipinski definition) is 5. The SMILES string of the molecule is COc1ccc(C(c2ccc(C)cc2)n2ccnn2)cc1-c1ccc(C(c2ccccc2)n2ccnn2)cc1. The molecule has 0 bridgehead atoms. The van der Waals surface area contributed by atoms with Crippen LogP contribution in [0.1, 0.15) is 39.9 Å². The average molecular weight is 513 g/mol. The lowest BCUT2D eigenvalue weighted by Crippen LogP contribution is -2.14. The molecule has 7 heteroatoms. The Kier molecular flexibility index (Phi) is 6.70. The summed E-state index contributed by atoms with van der Waals surface area (Å²) in [7, 11) is 1.71. The molecule has 2 heterocycles. The maximum absolute atomic E-state index is 5.80. The van der Waals surface area contributed by atoms with E-state index in [1.54, 1.807) is 19.5 Å². The van der Waals surface area contributed by atoms with Gasteiger partial charge < -0.3 is 4.74 Å². The van der Waals surface area contributed by atoms with Gasteiger partial charge in [0, 0.05) is 18.0 Å². The van der Waals surface area contributed by atoms with E-state index in [-0.39, 0.29) is 12.1 Å². The van der Waals surface area contributed by atoms with Crippen LogP contribution in [0.3, 0.4) is 0 Å². The second kappa shape index (κ2) is 10.8. The summed E-state index contributed by atoms with van der Waals surface area (Å²) in [6.07, 6.45) is 7.22. The summed E-state index contributed by atoms with van der Waals surface area (Å²) in [6.45, 7) is 2.09. The highest BCUT2D eigenvalue weighted by Crippen LogP contribution is 2.36. The molecule has 2 aromatic heterocycles. The third-order valence-corrected chi connectivity index (χ3v) is 7.00. The minimum Gasteiger partial charge on any atom is -0.496 e. The van der Waals surface area contributed by atoms with Crippen LogP contribution in [0.2, 0.25) is 0 Å². The fraction of sp³-hybridized carbons (Fsp3) is 0.125. The molecule has 0 aliphatic rings. The van der Waals surface area contributed by atoms with Crippen molar-refractivity contribution >= 4 is 0 Å². The number of aryl methyl sites for hydroxylation is 1. The molecule has 2 atom stereocenters. The van der Waals surface area contributed by atoms with Crippen LogP contribution >= 0.6 is 0 Å². The molecule has 0 amide bonds. The van der Waals surface area contributed by atoms with Gasteiger partial charge in [-0.05, 0) is 46.9 Å². The largest absolute Gasteiger partial charge is 0.496 e. The number of ether oxygens (including phenoxy) is 1. The molecule has 0 spiro atoms. The van der Waals surface area contributed by atoms with Crippen LogP contribution in [0.5, 0.6) is 5.75 Å². The maximum atomic E-state index is 5.80. The van der Waals surface area contributed by atoms with Crippen LogP contribution in [0.4, 0.5) is 0 Å². The minimum atomic E-state index is -0.119. The Bertz CT molecular complexity index is 1630. The highest BCUT2D eigenvalue weighted by molar-refractivity contribution is 5.72. The summed E-state index contributed by atoms with van der Waals surface area (Å²) < 4.78 is 9.57. The molecular formula is C32H28N6O. The Labute approximate surface area is 227 Å². The molecule has 4 aromatic carbocycles. The summed E-state index contributed by atoms with van der Waals surface area (Å²) in [5, 5.41) is 16.8. The van der Waals surface area contributed by atoms with E-state index >= 15 is 0 Å². The Morgan fingerprint density at radius 3 is 1.72 bits per heavy atom. The van der Waals surface area contributed by atoms with E-state index in [0.717, 1.165) is 39.1 Å². The van der Waals surface area contributed by atoms with Gasteiger partial charge in [-0.1, -0.05) is 101 Å². The normalized spacial score (nSPS) is 12.7. The van der Waals surface area contributed by atoms with Gasteiger partial charge in [-0.3, -0.25) is 0 Å². The van der Waals surface area contributed by atoms with E-state index in [9.17, 15) is 0 Å². The third kappa shape index (κ3) is 4.94. The minimum absolute atomic E-state index is 0.0748. The lowest BCUT2D eigenvalue weighted by molar-refractivity contribution is 0.416. The second-order valence-corrected chi connectivity index (χ2v) is 9.47. The zero-order chi connectivity index (χ0) is 26.6. The van der Waals surface area contributed by atoms with Gasteiger partial charge in [-0.2, -0.15) is 0 Å². The lowest BCUT2D eigenvalue weighted by atomic mass is 9.92. The van der Waals surface area contributed by atoms with Crippen molar-refractivity contribution in [2.24, 2.45) is 0 Å². The fourth-order valence-electron chi connectivity index (χ4n) is 5.06. The molecule has 7 nitrogen and oxygen atoms in total. The molecule has 0 radical (unpaired) electrons. The molecule has 6 rings (SSSR count). The zero-order valence-electron chi connectivity index (χ0n) is 21.8. The van der Waals surface area contributed by atoms with E-state index in [2.05, 4.69) is 100 Å². The van der Waals surface area contributed by atoms with Crippen LogP contribution in [0.15, 0.2) is 122 Å². The van der Waals surface area contributed by atoms with E-state index in [4.69, 9.17) is 4.74 Å². The van der Waals surface area contributed by atoms with Crippen molar-refractivity contribution < 1.29 is 4.74 Å². The van der Waals surface area contributed by atoms with Crippen LogP contribution < -0.4 is 4.74 Å². The Morgan fingerprint density at radius 1 is 0.615 bits per heavy atom. The van der Waals surface area contributed by atoms with Gasteiger partial charge in [0.25, 0.3) is 0 Å². The van der Waals surface area contributed by atoms with Crippen molar-refractivity contribution in [3.8, 4) is 16.9 Å². The highest BCUT2D eigenvalue weighted by Gasteiger charge is 2.21. The molecule has 0 aliphatic carbocycles.